The third-order valence-electron chi connectivity index (χ3n) is 2.79. The molecule has 2 rings (SSSR count). The van der Waals surface area contributed by atoms with Crippen LogP contribution < -0.4 is 0 Å². The van der Waals surface area contributed by atoms with E-state index in [1.54, 1.807) is 0 Å². The molecule has 1 aliphatic heterocycles. The van der Waals surface area contributed by atoms with Crippen molar-refractivity contribution in [2.75, 3.05) is 13.1 Å². The van der Waals surface area contributed by atoms with Gasteiger partial charge in [-0.3, -0.25) is 0 Å². The summed E-state index contributed by atoms with van der Waals surface area (Å²) in [5.74, 6) is 0.959. The lowest BCUT2D eigenvalue weighted by Crippen LogP contribution is -2.37. The van der Waals surface area contributed by atoms with Crippen LogP contribution >= 0.6 is 23.2 Å². The van der Waals surface area contributed by atoms with Crippen LogP contribution in [0.25, 0.3) is 0 Å². The first-order chi connectivity index (χ1) is 7.58. The summed E-state index contributed by atoms with van der Waals surface area (Å²) in [4.78, 5) is 19.2. The van der Waals surface area contributed by atoms with Crippen molar-refractivity contribution in [2.45, 2.75) is 18.8 Å². The van der Waals surface area contributed by atoms with Crippen molar-refractivity contribution >= 4 is 29.3 Å². The Balaban J connectivity index is 2.01. The van der Waals surface area contributed by atoms with Crippen LogP contribution in [0.2, 0.25) is 10.3 Å². The number of aromatic nitrogens is 2. The molecule has 0 spiro atoms. The fourth-order valence-electron chi connectivity index (χ4n) is 1.88. The molecular weight excluding hydrogens is 253 g/mol. The minimum atomic E-state index is -0.867. The lowest BCUT2D eigenvalue weighted by atomic mass is 9.96. The highest BCUT2D eigenvalue weighted by Crippen LogP contribution is 2.29. The van der Waals surface area contributed by atoms with Crippen molar-refractivity contribution in [2.24, 2.45) is 0 Å². The molecule has 88 valence electrons. The van der Waals surface area contributed by atoms with Gasteiger partial charge in [-0.2, -0.15) is 0 Å². The second kappa shape index (κ2) is 4.51. The number of imidazole rings is 1. The quantitative estimate of drug-likeness (QED) is 0.819. The van der Waals surface area contributed by atoms with Crippen LogP contribution in [-0.2, 0) is 0 Å². The molecule has 7 heteroatoms. The highest BCUT2D eigenvalue weighted by atomic mass is 35.5. The Bertz CT molecular complexity index is 380. The van der Waals surface area contributed by atoms with Gasteiger partial charge in [0.25, 0.3) is 0 Å². The van der Waals surface area contributed by atoms with Crippen LogP contribution in [0.1, 0.15) is 24.6 Å². The summed E-state index contributed by atoms with van der Waals surface area (Å²) in [5.41, 5.74) is 0. The van der Waals surface area contributed by atoms with Gasteiger partial charge in [0.2, 0.25) is 0 Å². The zero-order valence-electron chi connectivity index (χ0n) is 8.41. The van der Waals surface area contributed by atoms with E-state index in [1.165, 1.54) is 4.90 Å². The molecule has 16 heavy (non-hydrogen) atoms. The molecule has 0 bridgehead atoms. The Hall–Kier alpha value is -0.940. The summed E-state index contributed by atoms with van der Waals surface area (Å²) in [6.45, 7) is 1.05. The number of aromatic amines is 1. The molecular formula is C9H11Cl2N3O2. The number of piperidine rings is 1. The molecule has 1 saturated heterocycles. The molecule has 0 unspecified atom stereocenters. The third kappa shape index (κ3) is 2.25. The number of amides is 1. The van der Waals surface area contributed by atoms with Gasteiger partial charge in [0.1, 0.15) is 11.0 Å². The van der Waals surface area contributed by atoms with E-state index in [-0.39, 0.29) is 11.1 Å². The van der Waals surface area contributed by atoms with E-state index in [2.05, 4.69) is 9.97 Å². The maximum atomic E-state index is 10.7. The summed E-state index contributed by atoms with van der Waals surface area (Å²) in [6, 6.07) is 0. The fourth-order valence-corrected chi connectivity index (χ4v) is 2.16. The molecule has 1 aromatic heterocycles. The van der Waals surface area contributed by atoms with Crippen molar-refractivity contribution in [3.05, 3.63) is 16.1 Å². The van der Waals surface area contributed by atoms with Gasteiger partial charge in [-0.1, -0.05) is 23.2 Å². The van der Waals surface area contributed by atoms with Gasteiger partial charge in [0, 0.05) is 19.0 Å². The molecule has 2 N–H and O–H groups in total. The molecule has 2 heterocycles. The Morgan fingerprint density at radius 1 is 1.44 bits per heavy atom. The number of hydrogen-bond acceptors (Lipinski definition) is 2. The number of hydrogen-bond donors (Lipinski definition) is 2. The Labute approximate surface area is 102 Å². The Kier molecular flexibility index (Phi) is 3.25. The number of rotatable bonds is 1. The second-order valence-corrected chi connectivity index (χ2v) is 4.51. The fraction of sp³-hybridized carbons (Fsp3) is 0.556. The van der Waals surface area contributed by atoms with E-state index < -0.39 is 6.09 Å². The van der Waals surface area contributed by atoms with Gasteiger partial charge in [0.15, 0.2) is 5.15 Å². The molecule has 0 saturated carbocycles. The van der Waals surface area contributed by atoms with Crippen molar-refractivity contribution in [1.29, 1.82) is 0 Å². The first-order valence-corrected chi connectivity index (χ1v) is 5.72. The summed E-state index contributed by atoms with van der Waals surface area (Å²) < 4.78 is 0. The van der Waals surface area contributed by atoms with Gasteiger partial charge in [-0.05, 0) is 12.8 Å². The Morgan fingerprint density at radius 3 is 2.50 bits per heavy atom. The van der Waals surface area contributed by atoms with Crippen molar-refractivity contribution < 1.29 is 9.90 Å². The van der Waals surface area contributed by atoms with Crippen molar-refractivity contribution in [3.63, 3.8) is 0 Å². The van der Waals surface area contributed by atoms with E-state index in [1.807, 2.05) is 0 Å². The van der Waals surface area contributed by atoms with Crippen LogP contribution in [0.5, 0.6) is 0 Å². The smallest absolute Gasteiger partial charge is 0.407 e. The van der Waals surface area contributed by atoms with Crippen LogP contribution in [0, 0.1) is 0 Å². The molecule has 0 aromatic carbocycles. The molecule has 5 nitrogen and oxygen atoms in total. The highest BCUT2D eigenvalue weighted by Gasteiger charge is 2.25. The molecule has 1 amide bonds. The second-order valence-electron chi connectivity index (χ2n) is 3.77. The number of halogens is 2. The first kappa shape index (κ1) is 11.5. The van der Waals surface area contributed by atoms with Gasteiger partial charge >= 0.3 is 6.09 Å². The maximum absolute atomic E-state index is 10.7. The van der Waals surface area contributed by atoms with Gasteiger partial charge in [0.05, 0.1) is 0 Å². The van der Waals surface area contributed by atoms with Gasteiger partial charge in [-0.15, -0.1) is 0 Å². The topological polar surface area (TPSA) is 69.2 Å². The van der Waals surface area contributed by atoms with Gasteiger partial charge < -0.3 is 15.0 Å². The molecule has 1 fully saturated rings. The molecule has 1 aromatic rings. The zero-order chi connectivity index (χ0) is 11.7. The number of likely N-dealkylation sites (tertiary alicyclic amines) is 1. The van der Waals surface area contributed by atoms with Crippen LogP contribution in [-0.4, -0.2) is 39.2 Å². The molecule has 0 radical (unpaired) electrons. The lowest BCUT2D eigenvalue weighted by molar-refractivity contribution is 0.131. The molecule has 0 aliphatic carbocycles. The molecule has 1 aliphatic rings. The lowest BCUT2D eigenvalue weighted by Gasteiger charge is -2.28. The number of H-pyrrole nitrogens is 1. The van der Waals surface area contributed by atoms with Crippen LogP contribution in [0.4, 0.5) is 4.79 Å². The normalized spacial score (nSPS) is 17.8. The van der Waals surface area contributed by atoms with E-state index in [9.17, 15) is 4.79 Å². The molecule has 0 atom stereocenters. The van der Waals surface area contributed by atoms with Crippen molar-refractivity contribution in [1.82, 2.24) is 14.9 Å². The highest BCUT2D eigenvalue weighted by molar-refractivity contribution is 6.40. The average molecular weight is 264 g/mol. The minimum absolute atomic E-state index is 0.209. The number of carbonyl (C=O) groups is 1. The minimum Gasteiger partial charge on any atom is -0.465 e. The predicted molar refractivity (Wildman–Crippen MR) is 60.2 cm³/mol. The number of nitrogens with one attached hydrogen (secondary N) is 1. The summed E-state index contributed by atoms with van der Waals surface area (Å²) in [6.07, 6.45) is 0.618. The van der Waals surface area contributed by atoms with E-state index in [4.69, 9.17) is 28.3 Å². The summed E-state index contributed by atoms with van der Waals surface area (Å²) >= 11 is 11.5. The largest absolute Gasteiger partial charge is 0.465 e. The number of nitrogens with zero attached hydrogens (tertiary/aromatic N) is 2. The van der Waals surface area contributed by atoms with Crippen LogP contribution in [0.3, 0.4) is 0 Å². The zero-order valence-corrected chi connectivity index (χ0v) is 9.92. The van der Waals surface area contributed by atoms with E-state index >= 15 is 0 Å². The monoisotopic (exact) mass is 263 g/mol. The standard InChI is InChI=1S/C9H11Cl2N3O2/c10-6-7(11)13-8(12-6)5-1-3-14(4-2-5)9(15)16/h5H,1-4H2,(H,12,13)(H,15,16). The van der Waals surface area contributed by atoms with Gasteiger partial charge in [-0.25, -0.2) is 9.78 Å². The Morgan fingerprint density at radius 2 is 2.06 bits per heavy atom. The van der Waals surface area contributed by atoms with Crippen LogP contribution in [0.15, 0.2) is 0 Å². The SMILES string of the molecule is O=C(O)N1CCC(c2nc(Cl)c(Cl)[nH]2)CC1. The van der Waals surface area contributed by atoms with E-state index in [0.29, 0.717) is 18.2 Å². The maximum Gasteiger partial charge on any atom is 0.407 e. The van der Waals surface area contributed by atoms with Crippen molar-refractivity contribution in [3.8, 4) is 0 Å². The first-order valence-electron chi connectivity index (χ1n) is 4.96. The predicted octanol–water partition coefficient (Wildman–Crippen LogP) is 2.57. The average Bonchev–Trinajstić information content (AvgIpc) is 2.59. The third-order valence-corrected chi connectivity index (χ3v) is 3.43. The number of carboxylic acid groups (broad SMARTS) is 1. The van der Waals surface area contributed by atoms with E-state index in [0.717, 1.165) is 18.7 Å². The summed E-state index contributed by atoms with van der Waals surface area (Å²) in [5, 5.41) is 9.42. The summed E-state index contributed by atoms with van der Waals surface area (Å²) in [7, 11) is 0.